The second-order valence-corrected chi connectivity index (χ2v) is 5.87. The number of carboxylic acids is 1. The van der Waals surface area contributed by atoms with Crippen molar-refractivity contribution in [2.24, 2.45) is 11.8 Å². The number of amides is 1. The van der Waals surface area contributed by atoms with E-state index in [4.69, 9.17) is 23.2 Å². The van der Waals surface area contributed by atoms with Crippen LogP contribution < -0.4 is 0 Å². The van der Waals surface area contributed by atoms with Gasteiger partial charge in [-0.15, -0.1) is 0 Å². The third kappa shape index (κ3) is 2.09. The molecule has 1 saturated heterocycles. The zero-order valence-electron chi connectivity index (χ0n) is 9.85. The largest absolute Gasteiger partial charge is 0.480 e. The molecule has 1 saturated carbocycles. The lowest BCUT2D eigenvalue weighted by Crippen LogP contribution is -2.43. The Kier molecular flexibility index (Phi) is 2.95. The van der Waals surface area contributed by atoms with E-state index in [1.165, 1.54) is 17.0 Å². The maximum atomic E-state index is 12.4. The SMILES string of the molecule is O=C(O)[C@H]1[C@@H]2C[C@@H]2CN1C(=O)c1ccc(Cl)cc1Cl. The standard InChI is InChI=1S/C13H11Cl2NO3/c14-7-1-2-8(10(15)4-7)12(17)16-5-6-3-9(6)11(16)13(18)19/h1-2,4,6,9,11H,3,5H2,(H,18,19)/t6-,9-,11-/m1/s1. The number of hydrogen-bond donors (Lipinski definition) is 1. The van der Waals surface area contributed by atoms with Crippen molar-refractivity contribution in [1.29, 1.82) is 0 Å². The van der Waals surface area contributed by atoms with Crippen LogP contribution in [0.3, 0.4) is 0 Å². The number of carboxylic acid groups (broad SMARTS) is 1. The summed E-state index contributed by atoms with van der Waals surface area (Å²) in [6, 6.07) is 3.88. The van der Waals surface area contributed by atoms with Crippen molar-refractivity contribution >= 4 is 35.1 Å². The van der Waals surface area contributed by atoms with Crippen molar-refractivity contribution in [3.63, 3.8) is 0 Å². The first-order valence-electron chi connectivity index (χ1n) is 5.98. The highest BCUT2D eigenvalue weighted by Gasteiger charge is 2.57. The molecule has 3 rings (SSSR count). The van der Waals surface area contributed by atoms with Crippen LogP contribution in [-0.4, -0.2) is 34.5 Å². The zero-order valence-corrected chi connectivity index (χ0v) is 11.4. The van der Waals surface area contributed by atoms with Gasteiger partial charge in [-0.05, 0) is 36.5 Å². The molecular formula is C13H11Cl2NO3. The van der Waals surface area contributed by atoms with Gasteiger partial charge >= 0.3 is 5.97 Å². The predicted octanol–water partition coefficient (Wildman–Crippen LogP) is 2.54. The number of likely N-dealkylation sites (tertiary alicyclic amines) is 1. The minimum absolute atomic E-state index is 0.104. The molecular weight excluding hydrogens is 289 g/mol. The van der Waals surface area contributed by atoms with Crippen molar-refractivity contribution in [2.75, 3.05) is 6.54 Å². The van der Waals surface area contributed by atoms with Gasteiger partial charge in [0.05, 0.1) is 10.6 Å². The summed E-state index contributed by atoms with van der Waals surface area (Å²) in [5.74, 6) is -0.839. The Morgan fingerprint density at radius 1 is 1.32 bits per heavy atom. The molecule has 3 atom stereocenters. The van der Waals surface area contributed by atoms with E-state index >= 15 is 0 Å². The van der Waals surface area contributed by atoms with Gasteiger partial charge < -0.3 is 10.0 Å². The van der Waals surface area contributed by atoms with Gasteiger partial charge in [0.2, 0.25) is 0 Å². The van der Waals surface area contributed by atoms with Gasteiger partial charge in [-0.25, -0.2) is 4.79 Å². The molecule has 0 unspecified atom stereocenters. The molecule has 6 heteroatoms. The van der Waals surface area contributed by atoms with Gasteiger partial charge in [-0.1, -0.05) is 23.2 Å². The number of piperidine rings is 1. The van der Waals surface area contributed by atoms with Crippen molar-refractivity contribution in [2.45, 2.75) is 12.5 Å². The van der Waals surface area contributed by atoms with Crippen LogP contribution in [0.25, 0.3) is 0 Å². The van der Waals surface area contributed by atoms with E-state index in [-0.39, 0.29) is 16.8 Å². The van der Waals surface area contributed by atoms with Crippen LogP contribution in [0.5, 0.6) is 0 Å². The van der Waals surface area contributed by atoms with E-state index < -0.39 is 12.0 Å². The Morgan fingerprint density at radius 2 is 2.05 bits per heavy atom. The Hall–Kier alpha value is -1.26. The number of halogens is 2. The first-order chi connectivity index (χ1) is 8.99. The van der Waals surface area contributed by atoms with Crippen LogP contribution in [0.15, 0.2) is 18.2 Å². The minimum atomic E-state index is -0.941. The quantitative estimate of drug-likeness (QED) is 0.913. The molecule has 2 aliphatic rings. The third-order valence-corrected chi connectivity index (χ3v) is 4.37. The molecule has 0 radical (unpaired) electrons. The number of rotatable bonds is 2. The predicted molar refractivity (Wildman–Crippen MR) is 70.5 cm³/mol. The van der Waals surface area contributed by atoms with Crippen LogP contribution in [0.1, 0.15) is 16.8 Å². The number of nitrogens with zero attached hydrogens (tertiary/aromatic N) is 1. The Bertz CT molecular complexity index is 575. The van der Waals surface area contributed by atoms with Crippen molar-refractivity contribution in [1.82, 2.24) is 4.90 Å². The third-order valence-electron chi connectivity index (χ3n) is 3.83. The van der Waals surface area contributed by atoms with Gasteiger partial charge in [0.1, 0.15) is 6.04 Å². The normalized spacial score (nSPS) is 28.1. The molecule has 1 aromatic carbocycles. The number of fused-ring (bicyclic) bond motifs is 1. The maximum absolute atomic E-state index is 12.4. The molecule has 4 nitrogen and oxygen atoms in total. The van der Waals surface area contributed by atoms with Crippen LogP contribution in [0.4, 0.5) is 0 Å². The molecule has 100 valence electrons. The van der Waals surface area contributed by atoms with Gasteiger partial charge in [-0.3, -0.25) is 4.79 Å². The van der Waals surface area contributed by atoms with Crippen molar-refractivity contribution in [3.8, 4) is 0 Å². The zero-order chi connectivity index (χ0) is 13.7. The molecule has 0 bridgehead atoms. The van der Waals surface area contributed by atoms with Crippen LogP contribution in [-0.2, 0) is 4.79 Å². The van der Waals surface area contributed by atoms with Gasteiger partial charge in [0.25, 0.3) is 5.91 Å². The Balaban J connectivity index is 1.89. The second-order valence-electron chi connectivity index (χ2n) is 5.02. The summed E-state index contributed by atoms with van der Waals surface area (Å²) in [4.78, 5) is 25.1. The number of carbonyl (C=O) groups is 2. The van der Waals surface area contributed by atoms with Gasteiger partial charge in [0.15, 0.2) is 0 Å². The fourth-order valence-corrected chi connectivity index (χ4v) is 3.30. The summed E-state index contributed by atoms with van der Waals surface area (Å²) < 4.78 is 0. The molecule has 0 spiro atoms. The van der Waals surface area contributed by atoms with Crippen LogP contribution in [0, 0.1) is 11.8 Å². The maximum Gasteiger partial charge on any atom is 0.326 e. The summed E-state index contributed by atoms with van der Waals surface area (Å²) in [5, 5.41) is 9.94. The van der Waals surface area contributed by atoms with Gasteiger partial charge in [0, 0.05) is 11.6 Å². The molecule has 1 amide bonds. The highest BCUT2D eigenvalue weighted by Crippen LogP contribution is 2.50. The van der Waals surface area contributed by atoms with Gasteiger partial charge in [-0.2, -0.15) is 0 Å². The lowest BCUT2D eigenvalue weighted by atomic mass is 10.1. The van der Waals surface area contributed by atoms with Crippen molar-refractivity contribution < 1.29 is 14.7 Å². The average Bonchev–Trinajstić information content (AvgIpc) is 2.98. The summed E-state index contributed by atoms with van der Waals surface area (Å²) in [7, 11) is 0. The molecule has 0 aromatic heterocycles. The van der Waals surface area contributed by atoms with E-state index in [0.29, 0.717) is 23.0 Å². The van der Waals surface area contributed by atoms with E-state index in [1.54, 1.807) is 6.07 Å². The fourth-order valence-electron chi connectivity index (χ4n) is 2.81. The Morgan fingerprint density at radius 3 is 2.68 bits per heavy atom. The summed E-state index contributed by atoms with van der Waals surface area (Å²) in [6.45, 7) is 0.499. The number of hydrogen-bond acceptors (Lipinski definition) is 2. The van der Waals surface area contributed by atoms with E-state index in [2.05, 4.69) is 0 Å². The molecule has 1 aromatic rings. The molecule has 2 fully saturated rings. The highest BCUT2D eigenvalue weighted by molar-refractivity contribution is 6.36. The molecule has 1 heterocycles. The number of carbonyl (C=O) groups excluding carboxylic acids is 1. The fraction of sp³-hybridized carbons (Fsp3) is 0.385. The topological polar surface area (TPSA) is 57.6 Å². The summed E-state index contributed by atoms with van der Waals surface area (Å²) in [5.41, 5.74) is 0.304. The number of aliphatic carboxylic acids is 1. The lowest BCUT2D eigenvalue weighted by Gasteiger charge is -2.24. The summed E-state index contributed by atoms with van der Waals surface area (Å²) >= 11 is 11.8. The van der Waals surface area contributed by atoms with E-state index in [9.17, 15) is 14.7 Å². The molecule has 1 aliphatic heterocycles. The minimum Gasteiger partial charge on any atom is -0.480 e. The lowest BCUT2D eigenvalue weighted by molar-refractivity contribution is -0.142. The van der Waals surface area contributed by atoms with E-state index in [1.807, 2.05) is 0 Å². The molecule has 1 aliphatic carbocycles. The summed E-state index contributed by atoms with van der Waals surface area (Å²) in [6.07, 6.45) is 0.898. The van der Waals surface area contributed by atoms with E-state index in [0.717, 1.165) is 6.42 Å². The smallest absolute Gasteiger partial charge is 0.326 e. The molecule has 19 heavy (non-hydrogen) atoms. The molecule has 1 N–H and O–H groups in total. The first-order valence-corrected chi connectivity index (χ1v) is 6.73. The van der Waals surface area contributed by atoms with Crippen LogP contribution in [0.2, 0.25) is 10.0 Å². The van der Waals surface area contributed by atoms with Crippen LogP contribution >= 0.6 is 23.2 Å². The first kappa shape index (κ1) is 12.8. The highest BCUT2D eigenvalue weighted by atomic mass is 35.5. The average molecular weight is 300 g/mol. The number of benzene rings is 1. The Labute approximate surface area is 119 Å². The van der Waals surface area contributed by atoms with Crippen molar-refractivity contribution in [3.05, 3.63) is 33.8 Å². The monoisotopic (exact) mass is 299 g/mol. The second kappa shape index (κ2) is 4.39.